The summed E-state index contributed by atoms with van der Waals surface area (Å²) in [7, 11) is 0. The van der Waals surface area contributed by atoms with Gasteiger partial charge in [0.2, 0.25) is 0 Å². The van der Waals surface area contributed by atoms with Gasteiger partial charge in [-0.1, -0.05) is 32.0 Å². The number of rotatable bonds is 5. The van der Waals surface area contributed by atoms with E-state index in [0.717, 1.165) is 5.56 Å². The van der Waals surface area contributed by atoms with Gasteiger partial charge in [0.1, 0.15) is 22.7 Å². The zero-order chi connectivity index (χ0) is 17.0. The maximum atomic E-state index is 12.2. The van der Waals surface area contributed by atoms with Crippen LogP contribution < -0.4 is 38.5 Å². The largest absolute Gasteiger partial charge is 1.00 e. The molecule has 0 saturated carbocycles. The number of esters is 1. The molecular formula is C17H17NaO5S. The molecule has 0 radical (unpaired) electrons. The first-order valence-electron chi connectivity index (χ1n) is 7.08. The van der Waals surface area contributed by atoms with Gasteiger partial charge in [-0.15, -0.1) is 0 Å². The number of benzene rings is 2. The molecule has 0 bridgehead atoms. The number of hydrogen-bond acceptors (Lipinski definition) is 5. The predicted molar refractivity (Wildman–Crippen MR) is 86.2 cm³/mol. The topological polar surface area (TPSA) is 75.7 Å². The summed E-state index contributed by atoms with van der Waals surface area (Å²) in [4.78, 5) is 12.2. The van der Waals surface area contributed by atoms with Gasteiger partial charge in [-0.2, -0.15) is 0 Å². The maximum Gasteiger partial charge on any atom is 1.00 e. The predicted octanol–water partition coefficient (Wildman–Crippen LogP) is 0.515. The van der Waals surface area contributed by atoms with Gasteiger partial charge in [0, 0.05) is 0 Å². The van der Waals surface area contributed by atoms with E-state index in [1.807, 2.05) is 13.0 Å². The van der Waals surface area contributed by atoms with Crippen LogP contribution in [0.2, 0.25) is 0 Å². The van der Waals surface area contributed by atoms with Crippen LogP contribution in [0, 0.1) is 6.92 Å². The van der Waals surface area contributed by atoms with Crippen molar-refractivity contribution in [1.29, 1.82) is 0 Å². The second kappa shape index (κ2) is 9.34. The van der Waals surface area contributed by atoms with Crippen LogP contribution in [0.25, 0.3) is 0 Å². The first kappa shape index (κ1) is 20.9. The van der Waals surface area contributed by atoms with E-state index in [1.165, 1.54) is 17.7 Å². The normalized spacial score (nSPS) is 11.5. The Morgan fingerprint density at radius 1 is 1.17 bits per heavy atom. The summed E-state index contributed by atoms with van der Waals surface area (Å²) < 4.78 is 31.3. The fraction of sp³-hybridized carbons (Fsp3) is 0.235. The van der Waals surface area contributed by atoms with E-state index in [1.54, 1.807) is 24.3 Å². The minimum Gasteiger partial charge on any atom is -0.740 e. The molecule has 0 amide bonds. The molecule has 0 heterocycles. The molecule has 0 aliphatic heterocycles. The summed E-state index contributed by atoms with van der Waals surface area (Å²) in [5, 5.41) is 0. The van der Waals surface area contributed by atoms with Crippen molar-refractivity contribution in [3.05, 3.63) is 59.2 Å². The van der Waals surface area contributed by atoms with Crippen LogP contribution in [-0.2, 0) is 11.4 Å². The SMILES string of the molecule is Cc1cc(OC(=O)c2ccccc2OS(=O)[O-])ccc1C(C)C.[Na+]. The fourth-order valence-electron chi connectivity index (χ4n) is 2.30. The molecule has 24 heavy (non-hydrogen) atoms. The number of ether oxygens (including phenoxy) is 1. The summed E-state index contributed by atoms with van der Waals surface area (Å²) in [6.45, 7) is 6.12. The molecule has 1 unspecified atom stereocenters. The van der Waals surface area contributed by atoms with Crippen molar-refractivity contribution >= 4 is 17.3 Å². The van der Waals surface area contributed by atoms with Crippen LogP contribution in [0.4, 0.5) is 0 Å². The first-order chi connectivity index (χ1) is 10.9. The van der Waals surface area contributed by atoms with Crippen molar-refractivity contribution in [1.82, 2.24) is 0 Å². The fourth-order valence-corrected chi connectivity index (χ4v) is 2.59. The molecule has 7 heteroatoms. The average Bonchev–Trinajstić information content (AvgIpc) is 2.46. The third-order valence-electron chi connectivity index (χ3n) is 3.34. The molecule has 122 valence electrons. The van der Waals surface area contributed by atoms with Crippen LogP contribution in [-0.4, -0.2) is 14.7 Å². The second-order valence-corrected chi connectivity index (χ2v) is 5.92. The maximum absolute atomic E-state index is 12.2. The minimum atomic E-state index is -2.76. The number of carbonyl (C=O) groups is 1. The standard InChI is InChI=1S/C17H18O5S.Na/c1-11(2)14-9-8-13(10-12(14)3)21-17(18)15-6-4-5-7-16(15)22-23(19)20;/h4-11H,1-3H3,(H,19,20);/q;+1/p-1. The number of aryl methyl sites for hydroxylation is 1. The molecule has 0 fully saturated rings. The summed E-state index contributed by atoms with van der Waals surface area (Å²) in [5.74, 6) is 0.0277. The van der Waals surface area contributed by atoms with E-state index in [2.05, 4.69) is 18.0 Å². The molecule has 2 aromatic rings. The van der Waals surface area contributed by atoms with Crippen molar-refractivity contribution in [2.24, 2.45) is 0 Å². The van der Waals surface area contributed by atoms with Gasteiger partial charge in [0.15, 0.2) is 5.75 Å². The second-order valence-electron chi connectivity index (χ2n) is 5.35. The van der Waals surface area contributed by atoms with Gasteiger partial charge in [-0.05, 0) is 48.2 Å². The van der Waals surface area contributed by atoms with Gasteiger partial charge >= 0.3 is 35.5 Å². The van der Waals surface area contributed by atoms with Crippen LogP contribution in [0.3, 0.4) is 0 Å². The zero-order valence-electron chi connectivity index (χ0n) is 14.1. The Morgan fingerprint density at radius 3 is 2.42 bits per heavy atom. The van der Waals surface area contributed by atoms with Gasteiger partial charge in [0.25, 0.3) is 0 Å². The zero-order valence-corrected chi connectivity index (χ0v) is 16.9. The first-order valence-corrected chi connectivity index (χ1v) is 8.08. The van der Waals surface area contributed by atoms with Gasteiger partial charge in [-0.25, -0.2) is 9.00 Å². The smallest absolute Gasteiger partial charge is 0.740 e. The number of hydrogen-bond donors (Lipinski definition) is 0. The van der Waals surface area contributed by atoms with Crippen molar-refractivity contribution in [3.63, 3.8) is 0 Å². The number of para-hydroxylation sites is 1. The van der Waals surface area contributed by atoms with Crippen LogP contribution in [0.1, 0.15) is 41.3 Å². The molecule has 0 aromatic heterocycles. The van der Waals surface area contributed by atoms with Crippen molar-refractivity contribution < 1.29 is 52.0 Å². The molecule has 0 N–H and O–H groups in total. The monoisotopic (exact) mass is 356 g/mol. The van der Waals surface area contributed by atoms with Crippen molar-refractivity contribution in [2.75, 3.05) is 0 Å². The minimum absolute atomic E-state index is 0. The van der Waals surface area contributed by atoms with Crippen molar-refractivity contribution in [2.45, 2.75) is 26.7 Å². The number of carbonyl (C=O) groups excluding carboxylic acids is 1. The van der Waals surface area contributed by atoms with Gasteiger partial charge in [-0.3, -0.25) is 0 Å². The van der Waals surface area contributed by atoms with Crippen LogP contribution in [0.5, 0.6) is 11.5 Å². The Hall–Kier alpha value is -1.18. The molecule has 2 aromatic carbocycles. The molecule has 0 spiro atoms. The summed E-state index contributed by atoms with van der Waals surface area (Å²) in [6, 6.07) is 11.4. The Morgan fingerprint density at radius 2 is 1.83 bits per heavy atom. The molecule has 0 aliphatic rings. The van der Waals surface area contributed by atoms with E-state index < -0.39 is 17.3 Å². The molecule has 0 saturated heterocycles. The third-order valence-corrected chi connectivity index (χ3v) is 3.65. The average molecular weight is 356 g/mol. The third kappa shape index (κ3) is 5.43. The van der Waals surface area contributed by atoms with E-state index in [0.29, 0.717) is 11.7 Å². The molecule has 1 atom stereocenters. The van der Waals surface area contributed by atoms with Crippen LogP contribution >= 0.6 is 0 Å². The Kier molecular flexibility index (Phi) is 8.12. The van der Waals surface area contributed by atoms with Crippen LogP contribution in [0.15, 0.2) is 42.5 Å². The molecule has 2 rings (SSSR count). The van der Waals surface area contributed by atoms with Crippen molar-refractivity contribution in [3.8, 4) is 11.5 Å². The summed E-state index contributed by atoms with van der Waals surface area (Å²) in [5.41, 5.74) is 2.24. The summed E-state index contributed by atoms with van der Waals surface area (Å²) in [6.07, 6.45) is 0. The Balaban J connectivity index is 0.00000288. The van der Waals surface area contributed by atoms with E-state index in [-0.39, 0.29) is 40.9 Å². The summed E-state index contributed by atoms with van der Waals surface area (Å²) >= 11 is -2.76. The molecule has 0 aliphatic carbocycles. The Labute approximate surface area is 166 Å². The van der Waals surface area contributed by atoms with E-state index in [4.69, 9.17) is 4.74 Å². The molecule has 5 nitrogen and oxygen atoms in total. The van der Waals surface area contributed by atoms with Gasteiger partial charge < -0.3 is 13.5 Å². The molecular weight excluding hydrogens is 339 g/mol. The van der Waals surface area contributed by atoms with E-state index >= 15 is 0 Å². The van der Waals surface area contributed by atoms with Gasteiger partial charge in [0.05, 0.1) is 0 Å². The van der Waals surface area contributed by atoms with E-state index in [9.17, 15) is 13.6 Å². The quantitative estimate of drug-likeness (QED) is 0.338. The Bertz CT molecular complexity index is 746.